The van der Waals surface area contributed by atoms with Gasteiger partial charge in [0.05, 0.1) is 4.90 Å². The van der Waals surface area contributed by atoms with Crippen LogP contribution in [0.5, 0.6) is 0 Å². The lowest BCUT2D eigenvalue weighted by Crippen LogP contribution is -2.48. The number of hydrogen-bond acceptors (Lipinski definition) is 5. The highest BCUT2D eigenvalue weighted by atomic mass is 32.2. The molecule has 0 aromatic heterocycles. The first kappa shape index (κ1) is 28.1. The average molecular weight is 508 g/mol. The summed E-state index contributed by atoms with van der Waals surface area (Å²) in [6.07, 6.45) is -0.0781. The van der Waals surface area contributed by atoms with E-state index in [1.54, 1.807) is 16.4 Å². The lowest BCUT2D eigenvalue weighted by Gasteiger charge is -2.31. The Labute approximate surface area is 198 Å². The Balaban J connectivity index is 0.000000509. The van der Waals surface area contributed by atoms with Gasteiger partial charge in [0.15, 0.2) is 0 Å². The fourth-order valence-electron chi connectivity index (χ4n) is 4.00. The third-order valence-corrected chi connectivity index (χ3v) is 7.89. The molecule has 1 heterocycles. The van der Waals surface area contributed by atoms with E-state index in [0.717, 1.165) is 50.8 Å². The SMILES string of the molecule is CCc1ccc(S(=O)(=O)N(CCC(=O)N2CCNCC2)C2CCCC2)cc1.O=C(O)C(F)(F)F. The Hall–Kier alpha value is -2.18. The second kappa shape index (κ2) is 12.5. The molecule has 2 N–H and O–H groups in total. The number of piperazine rings is 1. The monoisotopic (exact) mass is 507 g/mol. The minimum atomic E-state index is -5.08. The Morgan fingerprint density at radius 3 is 2.12 bits per heavy atom. The van der Waals surface area contributed by atoms with Crippen molar-refractivity contribution in [3.05, 3.63) is 29.8 Å². The van der Waals surface area contributed by atoms with Gasteiger partial charge >= 0.3 is 12.1 Å². The van der Waals surface area contributed by atoms with E-state index in [2.05, 4.69) is 12.2 Å². The standard InChI is InChI=1S/C20H31N3O3S.C2HF3O2/c1-2-17-7-9-19(10-8-17)27(25,26)23(18-5-3-4-6-18)14-11-20(24)22-15-12-21-13-16-22;3-2(4,5)1(6)7/h7-10,18,21H,2-6,11-16H2,1H3;(H,6,7). The predicted molar refractivity (Wildman–Crippen MR) is 120 cm³/mol. The fraction of sp³-hybridized carbons (Fsp3) is 0.636. The van der Waals surface area contributed by atoms with E-state index in [-0.39, 0.29) is 24.9 Å². The van der Waals surface area contributed by atoms with Crippen molar-refractivity contribution >= 4 is 21.9 Å². The summed E-state index contributed by atoms with van der Waals surface area (Å²) in [6, 6.07) is 7.18. The van der Waals surface area contributed by atoms with E-state index in [9.17, 15) is 26.4 Å². The van der Waals surface area contributed by atoms with Crippen LogP contribution in [0, 0.1) is 0 Å². The Morgan fingerprint density at radius 1 is 1.12 bits per heavy atom. The third kappa shape index (κ3) is 7.95. The molecule has 0 unspecified atom stereocenters. The summed E-state index contributed by atoms with van der Waals surface area (Å²) in [6.45, 7) is 5.34. The first-order valence-corrected chi connectivity index (χ1v) is 12.8. The van der Waals surface area contributed by atoms with Crippen molar-refractivity contribution in [3.8, 4) is 0 Å². The average Bonchev–Trinajstić information content (AvgIpc) is 3.33. The van der Waals surface area contributed by atoms with Crippen molar-refractivity contribution in [2.45, 2.75) is 62.6 Å². The van der Waals surface area contributed by atoms with Crippen LogP contribution >= 0.6 is 0 Å². The number of nitrogens with one attached hydrogen (secondary N) is 1. The van der Waals surface area contributed by atoms with Crippen LogP contribution in [0.2, 0.25) is 0 Å². The molecule has 0 atom stereocenters. The minimum absolute atomic E-state index is 0.0108. The number of sulfonamides is 1. The molecule has 1 aromatic carbocycles. The fourth-order valence-corrected chi connectivity index (χ4v) is 5.69. The molecule has 1 amide bonds. The number of carbonyl (C=O) groups excluding carboxylic acids is 1. The number of amides is 1. The molecule has 1 aliphatic carbocycles. The molecule has 12 heteroatoms. The van der Waals surface area contributed by atoms with Crippen molar-refractivity contribution in [1.82, 2.24) is 14.5 Å². The van der Waals surface area contributed by atoms with Crippen molar-refractivity contribution < 1.29 is 36.3 Å². The maximum absolute atomic E-state index is 13.3. The molecule has 1 saturated heterocycles. The van der Waals surface area contributed by atoms with E-state index in [4.69, 9.17) is 9.90 Å². The van der Waals surface area contributed by atoms with Crippen molar-refractivity contribution in [2.75, 3.05) is 32.7 Å². The van der Waals surface area contributed by atoms with E-state index in [1.165, 1.54) is 0 Å². The van der Waals surface area contributed by atoms with Crippen LogP contribution in [-0.2, 0) is 26.0 Å². The number of carboxylic acids is 1. The van der Waals surface area contributed by atoms with E-state index >= 15 is 0 Å². The lowest BCUT2D eigenvalue weighted by molar-refractivity contribution is -0.192. The molecule has 2 aliphatic rings. The van der Waals surface area contributed by atoms with Gasteiger partial charge in [-0.15, -0.1) is 0 Å². The van der Waals surface area contributed by atoms with Gasteiger partial charge < -0.3 is 15.3 Å². The second-order valence-electron chi connectivity index (χ2n) is 8.24. The quantitative estimate of drug-likeness (QED) is 0.588. The molecule has 34 heavy (non-hydrogen) atoms. The first-order chi connectivity index (χ1) is 16.0. The predicted octanol–water partition coefficient (Wildman–Crippen LogP) is 2.64. The molecule has 1 saturated carbocycles. The summed E-state index contributed by atoms with van der Waals surface area (Å²) in [5, 5.41) is 10.4. The number of hydrogen-bond donors (Lipinski definition) is 2. The number of carbonyl (C=O) groups is 2. The van der Waals surface area contributed by atoms with Gasteiger partial charge in [0.1, 0.15) is 0 Å². The lowest BCUT2D eigenvalue weighted by atomic mass is 10.2. The Bertz CT molecular complexity index is 911. The molecule has 8 nitrogen and oxygen atoms in total. The number of benzene rings is 1. The maximum atomic E-state index is 13.3. The van der Waals surface area contributed by atoms with Crippen molar-refractivity contribution in [3.63, 3.8) is 0 Å². The first-order valence-electron chi connectivity index (χ1n) is 11.4. The van der Waals surface area contributed by atoms with Crippen LogP contribution in [0.1, 0.15) is 44.6 Å². The summed E-state index contributed by atoms with van der Waals surface area (Å²) < 4.78 is 59.9. The zero-order valence-electron chi connectivity index (χ0n) is 19.2. The smallest absolute Gasteiger partial charge is 0.475 e. The number of carboxylic acid groups (broad SMARTS) is 1. The van der Waals surface area contributed by atoms with Crippen LogP contribution in [0.3, 0.4) is 0 Å². The summed E-state index contributed by atoms with van der Waals surface area (Å²) in [5.74, 6) is -2.71. The number of rotatable bonds is 7. The normalized spacial score (nSPS) is 17.4. The van der Waals surface area contributed by atoms with Gasteiger partial charge in [-0.3, -0.25) is 4.79 Å². The number of aryl methyl sites for hydroxylation is 1. The van der Waals surface area contributed by atoms with Crippen LogP contribution in [0.15, 0.2) is 29.2 Å². The summed E-state index contributed by atoms with van der Waals surface area (Å²) in [5.41, 5.74) is 1.12. The highest BCUT2D eigenvalue weighted by Crippen LogP contribution is 2.29. The number of alkyl halides is 3. The van der Waals surface area contributed by atoms with Crippen molar-refractivity contribution in [1.29, 1.82) is 0 Å². The number of nitrogens with zero attached hydrogens (tertiary/aromatic N) is 2. The van der Waals surface area contributed by atoms with Gasteiger partial charge in [-0.05, 0) is 37.0 Å². The van der Waals surface area contributed by atoms with E-state index in [1.807, 2.05) is 17.0 Å². The molecule has 2 fully saturated rings. The van der Waals surface area contributed by atoms with Crippen LogP contribution < -0.4 is 5.32 Å². The highest BCUT2D eigenvalue weighted by Gasteiger charge is 2.38. The second-order valence-corrected chi connectivity index (χ2v) is 10.1. The molecule has 1 aliphatic heterocycles. The van der Waals surface area contributed by atoms with E-state index < -0.39 is 22.2 Å². The number of halogens is 3. The summed E-state index contributed by atoms with van der Waals surface area (Å²) in [7, 11) is -3.59. The Morgan fingerprint density at radius 2 is 1.65 bits per heavy atom. The molecular formula is C22H32F3N3O5S. The molecule has 0 radical (unpaired) electrons. The molecule has 192 valence electrons. The molecule has 0 bridgehead atoms. The van der Waals surface area contributed by atoms with Gasteiger partial charge in [0.25, 0.3) is 0 Å². The third-order valence-electron chi connectivity index (χ3n) is 5.93. The van der Waals surface area contributed by atoms with Crippen molar-refractivity contribution in [2.24, 2.45) is 0 Å². The van der Waals surface area contributed by atoms with Gasteiger partial charge in [0, 0.05) is 45.2 Å². The molecular weight excluding hydrogens is 475 g/mol. The van der Waals surface area contributed by atoms with Gasteiger partial charge in [-0.2, -0.15) is 17.5 Å². The highest BCUT2D eigenvalue weighted by molar-refractivity contribution is 7.89. The molecule has 0 spiro atoms. The zero-order valence-corrected chi connectivity index (χ0v) is 20.0. The van der Waals surface area contributed by atoms with Crippen LogP contribution in [-0.4, -0.2) is 79.5 Å². The minimum Gasteiger partial charge on any atom is -0.475 e. The van der Waals surface area contributed by atoms with E-state index in [0.29, 0.717) is 18.0 Å². The van der Waals surface area contributed by atoms with Crippen LogP contribution in [0.4, 0.5) is 13.2 Å². The largest absolute Gasteiger partial charge is 0.490 e. The molecule has 3 rings (SSSR count). The molecule has 1 aromatic rings. The maximum Gasteiger partial charge on any atom is 0.490 e. The zero-order chi connectivity index (χ0) is 25.4. The topological polar surface area (TPSA) is 107 Å². The van der Waals surface area contributed by atoms with Gasteiger partial charge in [0.2, 0.25) is 15.9 Å². The Kier molecular flexibility index (Phi) is 10.3. The summed E-state index contributed by atoms with van der Waals surface area (Å²) >= 11 is 0. The van der Waals surface area contributed by atoms with Gasteiger partial charge in [-0.25, -0.2) is 13.2 Å². The number of aliphatic carboxylic acids is 1. The van der Waals surface area contributed by atoms with Gasteiger partial charge in [-0.1, -0.05) is 31.9 Å². The van der Waals surface area contributed by atoms with Crippen LogP contribution in [0.25, 0.3) is 0 Å². The summed E-state index contributed by atoms with van der Waals surface area (Å²) in [4.78, 5) is 23.6.